The number of nitrogens with zero attached hydrogens (tertiary/aromatic N) is 2. The molecule has 1 aromatic rings. The van der Waals surface area contributed by atoms with Crippen LogP contribution in [-0.2, 0) is 0 Å². The topological polar surface area (TPSA) is 29.9 Å². The zero-order chi connectivity index (χ0) is 11.8. The summed E-state index contributed by atoms with van der Waals surface area (Å²) in [6.45, 7) is 4.42. The lowest BCUT2D eigenvalue weighted by molar-refractivity contribution is 0.458. The van der Waals surface area contributed by atoms with Crippen LogP contribution in [0.2, 0.25) is 0 Å². The molecule has 0 aliphatic heterocycles. The van der Waals surface area contributed by atoms with E-state index in [0.717, 1.165) is 17.6 Å². The van der Waals surface area contributed by atoms with Gasteiger partial charge in [0.1, 0.15) is 0 Å². The number of anilines is 1. The smallest absolute Gasteiger partial charge is 0.203 e. The molecule has 0 saturated heterocycles. The first-order chi connectivity index (χ1) is 8.24. The second kappa shape index (κ2) is 4.35. The third kappa shape index (κ3) is 2.33. The number of hydrogen-bond donors (Lipinski definition) is 1. The third-order valence-electron chi connectivity index (χ3n) is 4.22. The van der Waals surface area contributed by atoms with Gasteiger partial charge in [0, 0.05) is 18.3 Å². The maximum atomic E-state index is 4.65. The molecular formula is C14H23N3. The highest BCUT2D eigenvalue weighted by Gasteiger charge is 2.36. The van der Waals surface area contributed by atoms with E-state index < -0.39 is 0 Å². The minimum Gasteiger partial charge on any atom is -0.353 e. The first kappa shape index (κ1) is 11.1. The average molecular weight is 233 g/mol. The van der Waals surface area contributed by atoms with Crippen LogP contribution in [0.5, 0.6) is 0 Å². The highest BCUT2D eigenvalue weighted by Crippen LogP contribution is 2.44. The molecule has 2 saturated carbocycles. The monoisotopic (exact) mass is 233 g/mol. The Balaban J connectivity index is 1.72. The Bertz CT molecular complexity index is 390. The van der Waals surface area contributed by atoms with Crippen molar-refractivity contribution in [2.75, 3.05) is 5.32 Å². The van der Waals surface area contributed by atoms with Gasteiger partial charge in [-0.1, -0.05) is 26.2 Å². The fourth-order valence-electron chi connectivity index (χ4n) is 3.00. The van der Waals surface area contributed by atoms with Crippen LogP contribution in [0.3, 0.4) is 0 Å². The van der Waals surface area contributed by atoms with Gasteiger partial charge in [0.05, 0.1) is 5.69 Å². The van der Waals surface area contributed by atoms with Crippen LogP contribution in [-0.4, -0.2) is 15.6 Å². The van der Waals surface area contributed by atoms with E-state index in [-0.39, 0.29) is 0 Å². The molecule has 1 N–H and O–H groups in total. The lowest BCUT2D eigenvalue weighted by Gasteiger charge is -2.23. The molecule has 1 heterocycles. The van der Waals surface area contributed by atoms with E-state index in [1.165, 1.54) is 38.5 Å². The Hall–Kier alpha value is -0.990. The van der Waals surface area contributed by atoms with Gasteiger partial charge in [0.2, 0.25) is 5.95 Å². The van der Waals surface area contributed by atoms with Gasteiger partial charge in [-0.2, -0.15) is 0 Å². The second-order valence-electron chi connectivity index (χ2n) is 5.87. The highest BCUT2D eigenvalue weighted by molar-refractivity contribution is 5.32. The van der Waals surface area contributed by atoms with E-state index in [1.807, 2.05) is 0 Å². The Kier molecular flexibility index (Phi) is 2.85. The van der Waals surface area contributed by atoms with Crippen molar-refractivity contribution in [2.24, 2.45) is 5.92 Å². The minimum atomic E-state index is 0.651. The number of hydrogen-bond acceptors (Lipinski definition) is 2. The maximum absolute atomic E-state index is 4.65. The van der Waals surface area contributed by atoms with Crippen LogP contribution < -0.4 is 5.32 Å². The lowest BCUT2D eigenvalue weighted by Crippen LogP contribution is -2.24. The van der Waals surface area contributed by atoms with Crippen molar-refractivity contribution >= 4 is 5.95 Å². The summed E-state index contributed by atoms with van der Waals surface area (Å²) in [7, 11) is 0. The lowest BCUT2D eigenvalue weighted by atomic mass is 9.96. The fraction of sp³-hybridized carbons (Fsp3) is 0.786. The Labute approximate surface area is 104 Å². The molecule has 2 atom stereocenters. The van der Waals surface area contributed by atoms with Crippen molar-refractivity contribution in [1.29, 1.82) is 0 Å². The SMILES string of the molecule is Cc1cn(C2CC2C)c(NC2CCCCC2)n1. The quantitative estimate of drug-likeness (QED) is 0.865. The summed E-state index contributed by atoms with van der Waals surface area (Å²) in [4.78, 5) is 4.65. The second-order valence-corrected chi connectivity index (χ2v) is 5.87. The standard InChI is InChI=1S/C14H23N3/c1-10-8-13(10)17-9-11(2)15-14(17)16-12-6-4-3-5-7-12/h9-10,12-13H,3-8H2,1-2H3,(H,15,16). The minimum absolute atomic E-state index is 0.651. The van der Waals surface area contributed by atoms with Crippen LogP contribution in [0.25, 0.3) is 0 Å². The molecular weight excluding hydrogens is 210 g/mol. The molecule has 2 aliphatic carbocycles. The van der Waals surface area contributed by atoms with Gasteiger partial charge >= 0.3 is 0 Å². The molecule has 0 amide bonds. The predicted octanol–water partition coefficient (Wildman–Crippen LogP) is 3.52. The summed E-state index contributed by atoms with van der Waals surface area (Å²) in [6.07, 6.45) is 10.3. The molecule has 3 heteroatoms. The van der Waals surface area contributed by atoms with Crippen molar-refractivity contribution in [1.82, 2.24) is 9.55 Å². The molecule has 1 aromatic heterocycles. The van der Waals surface area contributed by atoms with Crippen LogP contribution in [0, 0.1) is 12.8 Å². The van der Waals surface area contributed by atoms with Crippen LogP contribution in [0.1, 0.15) is 57.2 Å². The van der Waals surface area contributed by atoms with Crippen molar-refractivity contribution in [3.63, 3.8) is 0 Å². The van der Waals surface area contributed by atoms with E-state index in [2.05, 4.69) is 34.9 Å². The summed E-state index contributed by atoms with van der Waals surface area (Å²) in [5.74, 6) is 1.94. The molecule has 2 fully saturated rings. The van der Waals surface area contributed by atoms with E-state index in [1.54, 1.807) is 0 Å². The van der Waals surface area contributed by atoms with E-state index >= 15 is 0 Å². The van der Waals surface area contributed by atoms with Crippen molar-refractivity contribution in [3.05, 3.63) is 11.9 Å². The third-order valence-corrected chi connectivity index (χ3v) is 4.22. The van der Waals surface area contributed by atoms with Gasteiger partial charge in [0.25, 0.3) is 0 Å². The zero-order valence-corrected chi connectivity index (χ0v) is 10.9. The number of rotatable bonds is 3. The molecule has 0 radical (unpaired) electrons. The average Bonchev–Trinajstić information content (AvgIpc) is 2.93. The van der Waals surface area contributed by atoms with Gasteiger partial charge in [-0.3, -0.25) is 0 Å². The molecule has 0 aromatic carbocycles. The normalized spacial score (nSPS) is 29.3. The first-order valence-electron chi connectivity index (χ1n) is 7.06. The molecule has 0 bridgehead atoms. The van der Waals surface area contributed by atoms with Gasteiger partial charge in [0.15, 0.2) is 0 Å². The number of aryl methyl sites for hydroxylation is 1. The Morgan fingerprint density at radius 1 is 1.29 bits per heavy atom. The van der Waals surface area contributed by atoms with Crippen LogP contribution in [0.4, 0.5) is 5.95 Å². The first-order valence-corrected chi connectivity index (χ1v) is 7.06. The summed E-state index contributed by atoms with van der Waals surface area (Å²) < 4.78 is 2.37. The van der Waals surface area contributed by atoms with Gasteiger partial charge in [-0.05, 0) is 32.1 Å². The summed E-state index contributed by atoms with van der Waals surface area (Å²) in [6, 6.07) is 1.35. The molecule has 3 nitrogen and oxygen atoms in total. The molecule has 3 rings (SSSR count). The molecule has 0 spiro atoms. The van der Waals surface area contributed by atoms with Crippen LogP contribution in [0.15, 0.2) is 6.20 Å². The van der Waals surface area contributed by atoms with E-state index in [4.69, 9.17) is 0 Å². The Morgan fingerprint density at radius 2 is 2.00 bits per heavy atom. The molecule has 2 unspecified atom stereocenters. The van der Waals surface area contributed by atoms with Crippen molar-refractivity contribution in [3.8, 4) is 0 Å². The predicted molar refractivity (Wildman–Crippen MR) is 70.3 cm³/mol. The zero-order valence-electron chi connectivity index (χ0n) is 10.9. The summed E-state index contributed by atoms with van der Waals surface area (Å²) >= 11 is 0. The highest BCUT2D eigenvalue weighted by atomic mass is 15.2. The number of aromatic nitrogens is 2. The summed E-state index contributed by atoms with van der Waals surface area (Å²) in [5.41, 5.74) is 1.14. The fourth-order valence-corrected chi connectivity index (χ4v) is 3.00. The maximum Gasteiger partial charge on any atom is 0.203 e. The van der Waals surface area contributed by atoms with E-state index in [9.17, 15) is 0 Å². The largest absolute Gasteiger partial charge is 0.353 e. The van der Waals surface area contributed by atoms with Crippen molar-refractivity contribution in [2.45, 2.75) is 64.5 Å². The van der Waals surface area contributed by atoms with Crippen molar-refractivity contribution < 1.29 is 0 Å². The van der Waals surface area contributed by atoms with E-state index in [0.29, 0.717) is 12.1 Å². The Morgan fingerprint density at radius 3 is 2.65 bits per heavy atom. The molecule has 2 aliphatic rings. The number of nitrogens with one attached hydrogen (secondary N) is 1. The number of imidazole rings is 1. The molecule has 17 heavy (non-hydrogen) atoms. The van der Waals surface area contributed by atoms with Crippen LogP contribution >= 0.6 is 0 Å². The van der Waals surface area contributed by atoms with Gasteiger partial charge in [-0.25, -0.2) is 4.98 Å². The summed E-state index contributed by atoms with van der Waals surface area (Å²) in [5, 5.41) is 3.66. The van der Waals surface area contributed by atoms with Gasteiger partial charge in [-0.15, -0.1) is 0 Å². The molecule has 94 valence electrons. The van der Waals surface area contributed by atoms with Gasteiger partial charge < -0.3 is 9.88 Å².